The molecule has 1 heterocycles. The van der Waals surface area contributed by atoms with E-state index in [0.29, 0.717) is 22.3 Å². The molecule has 1 aliphatic rings. The van der Waals surface area contributed by atoms with Crippen LogP contribution >= 0.6 is 15.9 Å². The van der Waals surface area contributed by atoms with Gasteiger partial charge in [-0.05, 0) is 37.1 Å². The van der Waals surface area contributed by atoms with Gasteiger partial charge < -0.3 is 9.47 Å². The molecule has 0 N–H and O–H groups in total. The third kappa shape index (κ3) is 5.20. The van der Waals surface area contributed by atoms with Crippen molar-refractivity contribution in [3.8, 4) is 23.8 Å². The van der Waals surface area contributed by atoms with Gasteiger partial charge in [-0.1, -0.05) is 41.1 Å². The molecule has 3 aromatic rings. The number of hydrogen-bond acceptors (Lipinski definition) is 7. The van der Waals surface area contributed by atoms with Crippen LogP contribution in [-0.2, 0) is 0 Å². The number of benzene rings is 2. The molecule has 0 unspecified atom stereocenters. The van der Waals surface area contributed by atoms with Crippen LogP contribution in [-0.4, -0.2) is 34.5 Å². The van der Waals surface area contributed by atoms with Gasteiger partial charge in [-0.2, -0.15) is 9.78 Å². The second-order valence-corrected chi connectivity index (χ2v) is 9.06. The van der Waals surface area contributed by atoms with Crippen LogP contribution in [0.25, 0.3) is 10.9 Å². The molecule has 1 aliphatic carbocycles. The van der Waals surface area contributed by atoms with E-state index in [4.69, 9.17) is 20.9 Å². The van der Waals surface area contributed by atoms with E-state index in [0.717, 1.165) is 36.6 Å². The van der Waals surface area contributed by atoms with Crippen molar-refractivity contribution in [1.29, 1.82) is 0 Å². The van der Waals surface area contributed by atoms with Crippen LogP contribution in [0.5, 0.6) is 11.5 Å². The summed E-state index contributed by atoms with van der Waals surface area (Å²) in [5, 5.41) is 16.6. The van der Waals surface area contributed by atoms with E-state index >= 15 is 0 Å². The highest BCUT2D eigenvalue weighted by Gasteiger charge is 2.24. The fraction of sp³-hybridized carbons (Fsp3) is 0.320. The first-order valence-electron chi connectivity index (χ1n) is 11.1. The lowest BCUT2D eigenvalue weighted by molar-refractivity contribution is -0.385. The molecule has 0 amide bonds. The Kier molecular flexibility index (Phi) is 7.46. The van der Waals surface area contributed by atoms with Crippen molar-refractivity contribution in [3.63, 3.8) is 0 Å². The Hall–Kier alpha value is -3.71. The molecule has 180 valence electrons. The summed E-state index contributed by atoms with van der Waals surface area (Å²) in [5.41, 5.74) is 0.347. The predicted molar refractivity (Wildman–Crippen MR) is 136 cm³/mol. The Morgan fingerprint density at radius 2 is 2.09 bits per heavy atom. The van der Waals surface area contributed by atoms with Crippen LogP contribution < -0.4 is 15.0 Å². The fourth-order valence-corrected chi connectivity index (χ4v) is 4.62. The Morgan fingerprint density at radius 3 is 2.77 bits per heavy atom. The molecule has 1 saturated carbocycles. The summed E-state index contributed by atoms with van der Waals surface area (Å²) in [6.45, 7) is -0.150. The zero-order chi connectivity index (χ0) is 24.9. The standard InChI is InChI=1S/C25H23BrN4O5/c1-3-11-35-23-21(30(32)33)12-16(13-22(23)34-2)15-27-29-24(17-7-5-4-6-8-17)28-20-10-9-18(26)14-19(20)25(29)31/h1,9-10,12-15,17H,4-8,11H2,2H3. The van der Waals surface area contributed by atoms with Crippen molar-refractivity contribution >= 4 is 38.7 Å². The molecule has 0 bridgehead atoms. The van der Waals surface area contributed by atoms with E-state index in [1.807, 2.05) is 12.1 Å². The third-order valence-electron chi connectivity index (χ3n) is 5.90. The molecule has 0 spiro atoms. The predicted octanol–water partition coefficient (Wildman–Crippen LogP) is 5.02. The van der Waals surface area contributed by atoms with Crippen molar-refractivity contribution in [3.05, 3.63) is 66.7 Å². The molecule has 0 aliphatic heterocycles. The summed E-state index contributed by atoms with van der Waals surface area (Å²) in [6, 6.07) is 8.21. The lowest BCUT2D eigenvalue weighted by Crippen LogP contribution is -2.25. The maximum atomic E-state index is 13.5. The average molecular weight is 539 g/mol. The summed E-state index contributed by atoms with van der Waals surface area (Å²) in [4.78, 5) is 29.3. The van der Waals surface area contributed by atoms with Crippen molar-refractivity contribution in [2.24, 2.45) is 5.10 Å². The Labute approximate surface area is 210 Å². The van der Waals surface area contributed by atoms with E-state index in [-0.39, 0.29) is 35.3 Å². The number of rotatable bonds is 7. The summed E-state index contributed by atoms with van der Waals surface area (Å²) in [6.07, 6.45) is 11.7. The normalized spacial score (nSPS) is 14.2. The van der Waals surface area contributed by atoms with Gasteiger partial charge in [0.2, 0.25) is 5.75 Å². The molecule has 4 rings (SSSR count). The number of nitro benzene ring substituents is 1. The summed E-state index contributed by atoms with van der Waals surface area (Å²) in [7, 11) is 1.37. The van der Waals surface area contributed by atoms with Crippen molar-refractivity contribution < 1.29 is 14.4 Å². The first kappa shape index (κ1) is 24.4. The summed E-state index contributed by atoms with van der Waals surface area (Å²) < 4.78 is 12.7. The number of fused-ring (bicyclic) bond motifs is 1. The third-order valence-corrected chi connectivity index (χ3v) is 6.39. The Morgan fingerprint density at radius 1 is 1.31 bits per heavy atom. The minimum Gasteiger partial charge on any atom is -0.493 e. The van der Waals surface area contributed by atoms with Gasteiger partial charge in [-0.25, -0.2) is 4.98 Å². The fourth-order valence-electron chi connectivity index (χ4n) is 4.26. The van der Waals surface area contributed by atoms with Crippen LogP contribution in [0.15, 0.2) is 44.7 Å². The lowest BCUT2D eigenvalue weighted by atomic mass is 9.88. The highest BCUT2D eigenvalue weighted by Crippen LogP contribution is 2.38. The molecule has 2 aromatic carbocycles. The molecular weight excluding hydrogens is 516 g/mol. The van der Waals surface area contributed by atoms with Crippen LogP contribution in [0, 0.1) is 22.5 Å². The summed E-state index contributed by atoms with van der Waals surface area (Å²) in [5.74, 6) is 3.05. The number of methoxy groups -OCH3 is 1. The number of ether oxygens (including phenoxy) is 2. The number of terminal acetylenes is 1. The van der Waals surface area contributed by atoms with Crippen LogP contribution in [0.3, 0.4) is 0 Å². The topological polar surface area (TPSA) is 109 Å². The SMILES string of the molecule is C#CCOc1c(OC)cc(C=Nn2c(C3CCCCC3)nc3ccc(Br)cc3c2=O)cc1[N+](=O)[O-]. The van der Waals surface area contributed by atoms with E-state index in [1.54, 1.807) is 12.1 Å². The van der Waals surface area contributed by atoms with Gasteiger partial charge in [0.1, 0.15) is 12.4 Å². The molecule has 0 saturated heterocycles. The lowest BCUT2D eigenvalue weighted by Gasteiger charge is -2.22. The second kappa shape index (κ2) is 10.7. The molecule has 0 radical (unpaired) electrons. The maximum Gasteiger partial charge on any atom is 0.315 e. The maximum absolute atomic E-state index is 13.5. The van der Waals surface area contributed by atoms with Crippen LogP contribution in [0.2, 0.25) is 0 Å². The Balaban J connectivity index is 1.84. The number of aromatic nitrogens is 2. The first-order valence-corrected chi connectivity index (χ1v) is 11.9. The highest BCUT2D eigenvalue weighted by atomic mass is 79.9. The minimum absolute atomic E-state index is 0.0649. The van der Waals surface area contributed by atoms with E-state index in [9.17, 15) is 14.9 Å². The molecule has 1 fully saturated rings. The van der Waals surface area contributed by atoms with Gasteiger partial charge in [0.05, 0.1) is 29.2 Å². The molecule has 35 heavy (non-hydrogen) atoms. The quantitative estimate of drug-likeness (QED) is 0.181. The van der Waals surface area contributed by atoms with Gasteiger partial charge in [0, 0.05) is 22.0 Å². The Bertz CT molecular complexity index is 1400. The van der Waals surface area contributed by atoms with Gasteiger partial charge in [-0.3, -0.25) is 14.9 Å². The average Bonchev–Trinajstić information content (AvgIpc) is 2.87. The minimum atomic E-state index is -0.583. The highest BCUT2D eigenvalue weighted by molar-refractivity contribution is 9.10. The van der Waals surface area contributed by atoms with E-state index < -0.39 is 4.92 Å². The zero-order valence-electron chi connectivity index (χ0n) is 19.1. The molecule has 1 aromatic heterocycles. The van der Waals surface area contributed by atoms with Crippen LogP contribution in [0.1, 0.15) is 49.4 Å². The smallest absolute Gasteiger partial charge is 0.315 e. The van der Waals surface area contributed by atoms with E-state index in [2.05, 4.69) is 27.0 Å². The molecule has 9 nitrogen and oxygen atoms in total. The van der Waals surface area contributed by atoms with Gasteiger partial charge in [-0.15, -0.1) is 6.42 Å². The molecule has 10 heteroatoms. The molecule has 0 atom stereocenters. The van der Waals surface area contributed by atoms with Crippen molar-refractivity contribution in [2.75, 3.05) is 13.7 Å². The second-order valence-electron chi connectivity index (χ2n) is 8.15. The van der Waals surface area contributed by atoms with Gasteiger partial charge in [0.25, 0.3) is 5.56 Å². The number of nitrogens with zero attached hydrogens (tertiary/aromatic N) is 4. The van der Waals surface area contributed by atoms with Gasteiger partial charge >= 0.3 is 5.69 Å². The van der Waals surface area contributed by atoms with Crippen molar-refractivity contribution in [2.45, 2.75) is 38.0 Å². The zero-order valence-corrected chi connectivity index (χ0v) is 20.7. The molecular formula is C25H23BrN4O5. The summed E-state index contributed by atoms with van der Waals surface area (Å²) >= 11 is 3.41. The largest absolute Gasteiger partial charge is 0.493 e. The van der Waals surface area contributed by atoms with Gasteiger partial charge in [0.15, 0.2) is 5.75 Å². The van der Waals surface area contributed by atoms with Crippen LogP contribution in [0.4, 0.5) is 5.69 Å². The monoisotopic (exact) mass is 538 g/mol. The van der Waals surface area contributed by atoms with E-state index in [1.165, 1.54) is 24.1 Å². The first-order chi connectivity index (χ1) is 16.9. The number of hydrogen-bond donors (Lipinski definition) is 0. The number of halogens is 1. The van der Waals surface area contributed by atoms with Crippen molar-refractivity contribution in [1.82, 2.24) is 9.66 Å². The number of nitro groups is 1.